The molecule has 0 aromatic carbocycles. The fraction of sp³-hybridized carbons (Fsp3) is 0.875. The van der Waals surface area contributed by atoms with E-state index in [9.17, 15) is 0 Å². The Kier molecular flexibility index (Phi) is 6.81. The second-order valence-electron chi connectivity index (χ2n) is 2.32. The molecule has 0 spiro atoms. The zero-order chi connectivity index (χ0) is 10.2. The summed E-state index contributed by atoms with van der Waals surface area (Å²) in [5.74, 6) is 0. The zero-order valence-electron chi connectivity index (χ0n) is 8.50. The van der Waals surface area contributed by atoms with Crippen LogP contribution in [0.5, 0.6) is 0 Å². The van der Waals surface area contributed by atoms with Gasteiger partial charge in [-0.2, -0.15) is 5.26 Å². The van der Waals surface area contributed by atoms with Gasteiger partial charge in [0.15, 0.2) is 0 Å². The molecule has 0 aromatic rings. The van der Waals surface area contributed by atoms with E-state index in [1.807, 2.05) is 26.8 Å². The van der Waals surface area contributed by atoms with Crippen LogP contribution in [-0.2, 0) is 13.3 Å². The molecule has 0 radical (unpaired) electrons. The first-order valence-electron chi connectivity index (χ1n) is 4.53. The van der Waals surface area contributed by atoms with E-state index in [0.29, 0.717) is 19.8 Å². The van der Waals surface area contributed by atoms with Crippen molar-refractivity contribution in [2.45, 2.75) is 26.8 Å². The summed E-state index contributed by atoms with van der Waals surface area (Å²) in [5.41, 5.74) is 0. The first-order valence-corrected chi connectivity index (χ1v) is 6.46. The average Bonchev–Trinajstić information content (AvgIpc) is 2.06. The summed E-state index contributed by atoms with van der Waals surface area (Å²) in [5, 5.41) is 8.63. The van der Waals surface area contributed by atoms with Gasteiger partial charge in [-0.05, 0) is 20.8 Å². The van der Waals surface area contributed by atoms with Crippen LogP contribution in [0.25, 0.3) is 0 Å². The number of nitrogens with zero attached hydrogens (tertiary/aromatic N) is 1. The molecule has 0 aliphatic carbocycles. The highest BCUT2D eigenvalue weighted by Gasteiger charge is 2.40. The van der Waals surface area contributed by atoms with Crippen molar-refractivity contribution in [3.05, 3.63) is 0 Å². The lowest BCUT2D eigenvalue weighted by molar-refractivity contribution is 0.0747. The molecule has 0 atom stereocenters. The Hall–Kier alpha value is -0.413. The zero-order valence-corrected chi connectivity index (χ0v) is 9.50. The Morgan fingerprint density at radius 2 is 1.38 bits per heavy atom. The Morgan fingerprint density at radius 3 is 1.62 bits per heavy atom. The first-order chi connectivity index (χ1) is 6.24. The summed E-state index contributed by atoms with van der Waals surface area (Å²) >= 11 is 0. The van der Waals surface area contributed by atoms with Gasteiger partial charge in [0.1, 0.15) is 6.04 Å². The number of nitriles is 1. The largest absolute Gasteiger partial charge is 0.515 e. The van der Waals surface area contributed by atoms with Crippen molar-refractivity contribution in [1.82, 2.24) is 0 Å². The highest BCUT2D eigenvalue weighted by atomic mass is 28.4. The molecule has 0 aliphatic rings. The van der Waals surface area contributed by atoms with Crippen molar-refractivity contribution >= 4 is 8.80 Å². The van der Waals surface area contributed by atoms with Crippen LogP contribution in [0.4, 0.5) is 0 Å². The molecular weight excluding hydrogens is 186 g/mol. The molecule has 0 heterocycles. The Bertz CT molecular complexity index is 152. The summed E-state index contributed by atoms with van der Waals surface area (Å²) in [4.78, 5) is 0. The van der Waals surface area contributed by atoms with E-state index >= 15 is 0 Å². The lowest BCUT2D eigenvalue weighted by Crippen LogP contribution is -2.45. The summed E-state index contributed by atoms with van der Waals surface area (Å²) in [6.45, 7) is 7.18. The van der Waals surface area contributed by atoms with Crippen LogP contribution in [0.3, 0.4) is 0 Å². The quantitative estimate of drug-likeness (QED) is 0.589. The van der Waals surface area contributed by atoms with Crippen LogP contribution in [0.1, 0.15) is 20.8 Å². The lowest BCUT2D eigenvalue weighted by Gasteiger charge is -2.25. The van der Waals surface area contributed by atoms with E-state index in [1.54, 1.807) is 0 Å². The molecule has 0 amide bonds. The van der Waals surface area contributed by atoms with Gasteiger partial charge < -0.3 is 13.3 Å². The average molecular weight is 203 g/mol. The van der Waals surface area contributed by atoms with Gasteiger partial charge in [0.25, 0.3) is 0 Å². The van der Waals surface area contributed by atoms with Gasteiger partial charge >= 0.3 is 8.80 Å². The minimum Gasteiger partial charge on any atom is -0.373 e. The Morgan fingerprint density at radius 1 is 1.00 bits per heavy atom. The predicted molar refractivity (Wildman–Crippen MR) is 51.1 cm³/mol. The van der Waals surface area contributed by atoms with Gasteiger partial charge in [-0.25, -0.2) is 0 Å². The maximum absolute atomic E-state index is 8.63. The van der Waals surface area contributed by atoms with Gasteiger partial charge in [-0.1, -0.05) is 0 Å². The predicted octanol–water partition coefficient (Wildman–Crippen LogP) is 1.56. The normalized spacial score (nSPS) is 11.2. The number of rotatable bonds is 7. The topological polar surface area (TPSA) is 51.5 Å². The highest BCUT2D eigenvalue weighted by Crippen LogP contribution is 2.14. The van der Waals surface area contributed by atoms with Crippen molar-refractivity contribution in [1.29, 1.82) is 5.26 Å². The number of hydrogen-bond acceptors (Lipinski definition) is 4. The van der Waals surface area contributed by atoms with Crippen molar-refractivity contribution in [3.8, 4) is 6.07 Å². The Balaban J connectivity index is 4.29. The minimum atomic E-state index is -2.66. The van der Waals surface area contributed by atoms with Crippen LogP contribution in [-0.4, -0.2) is 28.6 Å². The summed E-state index contributed by atoms with van der Waals surface area (Å²) < 4.78 is 16.3. The third kappa shape index (κ3) is 4.38. The van der Waals surface area contributed by atoms with Crippen molar-refractivity contribution < 1.29 is 13.3 Å². The van der Waals surface area contributed by atoms with Gasteiger partial charge in [-0.3, -0.25) is 0 Å². The molecule has 0 saturated carbocycles. The van der Waals surface area contributed by atoms with E-state index in [-0.39, 0.29) is 6.04 Å². The summed E-state index contributed by atoms with van der Waals surface area (Å²) in [7, 11) is -2.66. The van der Waals surface area contributed by atoms with Gasteiger partial charge in [0.2, 0.25) is 0 Å². The fourth-order valence-electron chi connectivity index (χ4n) is 1.03. The van der Waals surface area contributed by atoms with Crippen molar-refractivity contribution in [3.63, 3.8) is 0 Å². The monoisotopic (exact) mass is 203 g/mol. The molecule has 0 bridgehead atoms. The van der Waals surface area contributed by atoms with Crippen molar-refractivity contribution in [2.24, 2.45) is 0 Å². The Labute approximate surface area is 80.8 Å². The van der Waals surface area contributed by atoms with Crippen LogP contribution < -0.4 is 0 Å². The summed E-state index contributed by atoms with van der Waals surface area (Å²) in [6, 6.07) is 2.27. The second-order valence-corrected chi connectivity index (χ2v) is 4.90. The first kappa shape index (κ1) is 12.6. The molecule has 0 aromatic heterocycles. The third-order valence-corrected chi connectivity index (χ3v) is 4.16. The molecule has 0 saturated heterocycles. The molecule has 13 heavy (non-hydrogen) atoms. The smallest absolute Gasteiger partial charge is 0.373 e. The second kappa shape index (κ2) is 7.03. The van der Waals surface area contributed by atoms with E-state index in [2.05, 4.69) is 0 Å². The number of hydrogen-bond donors (Lipinski definition) is 0. The van der Waals surface area contributed by atoms with Gasteiger partial charge in [0, 0.05) is 19.8 Å². The van der Waals surface area contributed by atoms with E-state index in [0.717, 1.165) is 0 Å². The summed E-state index contributed by atoms with van der Waals surface area (Å²) in [6.07, 6.45) is 0. The molecule has 0 unspecified atom stereocenters. The van der Waals surface area contributed by atoms with E-state index < -0.39 is 8.80 Å². The SMILES string of the molecule is CCO[Si](CC#N)(OCC)OCC. The fourth-order valence-corrected chi connectivity index (χ4v) is 3.10. The molecule has 0 N–H and O–H groups in total. The van der Waals surface area contributed by atoms with E-state index in [4.69, 9.17) is 18.5 Å². The molecule has 5 heteroatoms. The van der Waals surface area contributed by atoms with Crippen molar-refractivity contribution in [2.75, 3.05) is 19.8 Å². The maximum Gasteiger partial charge on any atom is 0.515 e. The van der Waals surface area contributed by atoms with E-state index in [1.165, 1.54) is 0 Å². The third-order valence-electron chi connectivity index (χ3n) is 1.39. The molecule has 0 aliphatic heterocycles. The van der Waals surface area contributed by atoms with Crippen LogP contribution in [0, 0.1) is 11.3 Å². The van der Waals surface area contributed by atoms with Gasteiger partial charge in [-0.15, -0.1) is 0 Å². The van der Waals surface area contributed by atoms with Crippen LogP contribution in [0.15, 0.2) is 0 Å². The lowest BCUT2D eigenvalue weighted by atomic mass is 10.9. The minimum absolute atomic E-state index is 0.225. The molecule has 0 fully saturated rings. The standard InChI is InChI=1S/C8H17NO3Si/c1-4-10-13(8-7-9,11-5-2)12-6-3/h4-6,8H2,1-3H3. The molecular formula is C8H17NO3Si. The molecule has 76 valence electrons. The van der Waals surface area contributed by atoms with Crippen LogP contribution >= 0.6 is 0 Å². The van der Waals surface area contributed by atoms with Gasteiger partial charge in [0.05, 0.1) is 6.07 Å². The highest BCUT2D eigenvalue weighted by molar-refractivity contribution is 6.61. The maximum atomic E-state index is 8.63. The van der Waals surface area contributed by atoms with Crippen LogP contribution in [0.2, 0.25) is 6.04 Å². The molecule has 4 nitrogen and oxygen atoms in total. The molecule has 0 rings (SSSR count).